The molecule has 140 valence electrons. The van der Waals surface area contributed by atoms with Crippen molar-refractivity contribution in [2.45, 2.75) is 25.9 Å². The summed E-state index contributed by atoms with van der Waals surface area (Å²) in [5.74, 6) is -0.682. The maximum atomic E-state index is 13.2. The van der Waals surface area contributed by atoms with E-state index in [1.807, 2.05) is 24.4 Å². The van der Waals surface area contributed by atoms with E-state index in [9.17, 15) is 9.18 Å². The molecule has 3 rings (SSSR count). The average molecular weight is 403 g/mol. The third-order valence-electron chi connectivity index (χ3n) is 4.24. The first kappa shape index (κ1) is 19.5. The number of rotatable bonds is 6. The number of benzene rings is 2. The number of hydrogen-bond acceptors (Lipinski definition) is 3. The van der Waals surface area contributed by atoms with Gasteiger partial charge in [-0.2, -0.15) is 0 Å². The molecule has 2 aromatic carbocycles. The van der Waals surface area contributed by atoms with Crippen LogP contribution in [0, 0.1) is 12.7 Å². The highest BCUT2D eigenvalue weighted by Crippen LogP contribution is 2.27. The molecule has 1 aromatic heterocycles. The third-order valence-corrected chi connectivity index (χ3v) is 5.49. The smallest absolute Gasteiger partial charge is 0.241 e. The van der Waals surface area contributed by atoms with E-state index in [2.05, 4.69) is 34.9 Å². The molecule has 0 unspecified atom stereocenters. The van der Waals surface area contributed by atoms with Crippen LogP contribution in [-0.2, 0) is 4.79 Å². The number of halogens is 2. The van der Waals surface area contributed by atoms with Gasteiger partial charge in [0.05, 0.1) is 22.8 Å². The Morgan fingerprint density at radius 3 is 2.52 bits per heavy atom. The van der Waals surface area contributed by atoms with Gasteiger partial charge in [-0.15, -0.1) is 11.3 Å². The molecule has 0 saturated carbocycles. The van der Waals surface area contributed by atoms with Gasteiger partial charge in [-0.05, 0) is 49.1 Å². The first-order valence-electron chi connectivity index (χ1n) is 8.56. The maximum Gasteiger partial charge on any atom is 0.241 e. The van der Waals surface area contributed by atoms with Gasteiger partial charge in [-0.3, -0.25) is 10.1 Å². The molecular weight excluding hydrogens is 383 g/mol. The van der Waals surface area contributed by atoms with Crippen molar-refractivity contribution in [1.29, 1.82) is 0 Å². The van der Waals surface area contributed by atoms with Crippen LogP contribution in [-0.4, -0.2) is 11.9 Å². The van der Waals surface area contributed by atoms with E-state index in [-0.39, 0.29) is 17.0 Å². The molecule has 0 fully saturated rings. The zero-order valence-electron chi connectivity index (χ0n) is 15.0. The molecule has 2 atom stereocenters. The summed E-state index contributed by atoms with van der Waals surface area (Å²) in [6.45, 7) is 3.83. The largest absolute Gasteiger partial charge is 0.323 e. The van der Waals surface area contributed by atoms with Gasteiger partial charge in [0, 0.05) is 4.88 Å². The van der Waals surface area contributed by atoms with E-state index in [0.717, 1.165) is 10.4 Å². The van der Waals surface area contributed by atoms with Gasteiger partial charge in [0.25, 0.3) is 0 Å². The molecule has 0 aliphatic heterocycles. The van der Waals surface area contributed by atoms with Crippen LogP contribution in [0.25, 0.3) is 0 Å². The number of nitrogens with one attached hydrogen (secondary N) is 2. The van der Waals surface area contributed by atoms with E-state index in [1.165, 1.54) is 23.8 Å². The molecule has 6 heteroatoms. The first-order valence-corrected chi connectivity index (χ1v) is 9.82. The predicted octanol–water partition coefficient (Wildman–Crippen LogP) is 5.56. The fourth-order valence-electron chi connectivity index (χ4n) is 2.71. The number of hydrogen-bond donors (Lipinski definition) is 2. The average Bonchev–Trinajstić information content (AvgIpc) is 3.17. The molecule has 1 heterocycles. The quantitative estimate of drug-likeness (QED) is 0.567. The summed E-state index contributed by atoms with van der Waals surface area (Å²) in [4.78, 5) is 13.7. The highest BCUT2D eigenvalue weighted by Gasteiger charge is 2.22. The molecule has 0 aliphatic carbocycles. The molecule has 0 aliphatic rings. The highest BCUT2D eigenvalue weighted by atomic mass is 35.5. The summed E-state index contributed by atoms with van der Waals surface area (Å²) >= 11 is 7.64. The lowest BCUT2D eigenvalue weighted by atomic mass is 10.0. The normalized spacial score (nSPS) is 13.2. The van der Waals surface area contributed by atoms with Crippen molar-refractivity contribution in [2.24, 2.45) is 0 Å². The Morgan fingerprint density at radius 1 is 1.15 bits per heavy atom. The molecule has 2 N–H and O–H groups in total. The number of amides is 1. The van der Waals surface area contributed by atoms with Gasteiger partial charge in [0.2, 0.25) is 5.91 Å². The lowest BCUT2D eigenvalue weighted by Crippen LogP contribution is -2.40. The van der Waals surface area contributed by atoms with Crippen molar-refractivity contribution in [3.63, 3.8) is 0 Å². The molecule has 0 saturated heterocycles. The van der Waals surface area contributed by atoms with E-state index < -0.39 is 11.9 Å². The standard InChI is InChI=1S/C21H20ClFN2OS/c1-13-5-7-15(8-6-13)20(19-4-3-11-27-19)24-14(2)21(26)25-18-10-9-16(23)12-17(18)22/h3-12,14,20,24H,1-2H3,(H,25,26)/t14-,20-/m1/s1. The summed E-state index contributed by atoms with van der Waals surface area (Å²) < 4.78 is 13.2. The van der Waals surface area contributed by atoms with Crippen molar-refractivity contribution in [3.05, 3.63) is 86.8 Å². The Labute approximate surface area is 167 Å². The first-order chi connectivity index (χ1) is 12.9. The summed E-state index contributed by atoms with van der Waals surface area (Å²) in [6, 6.07) is 15.6. The van der Waals surface area contributed by atoms with E-state index in [0.29, 0.717) is 5.69 Å². The lowest BCUT2D eigenvalue weighted by molar-refractivity contribution is -0.117. The van der Waals surface area contributed by atoms with Crippen molar-refractivity contribution in [3.8, 4) is 0 Å². The second kappa shape index (κ2) is 8.65. The van der Waals surface area contributed by atoms with E-state index in [4.69, 9.17) is 11.6 Å². The van der Waals surface area contributed by atoms with Crippen molar-refractivity contribution < 1.29 is 9.18 Å². The Balaban J connectivity index is 1.76. The molecule has 27 heavy (non-hydrogen) atoms. The molecule has 3 nitrogen and oxygen atoms in total. The Bertz CT molecular complexity index is 912. The van der Waals surface area contributed by atoms with Crippen LogP contribution in [0.4, 0.5) is 10.1 Å². The molecule has 1 amide bonds. The summed E-state index contributed by atoms with van der Waals surface area (Å²) in [7, 11) is 0. The van der Waals surface area contributed by atoms with Crippen LogP contribution in [0.1, 0.15) is 29.0 Å². The molecule has 0 bridgehead atoms. The van der Waals surface area contributed by atoms with Crippen LogP contribution in [0.5, 0.6) is 0 Å². The second-order valence-electron chi connectivity index (χ2n) is 6.36. The van der Waals surface area contributed by atoms with Crippen molar-refractivity contribution in [2.75, 3.05) is 5.32 Å². The number of aryl methyl sites for hydroxylation is 1. The number of carbonyl (C=O) groups excluding carboxylic acids is 1. The molecule has 0 radical (unpaired) electrons. The van der Waals surface area contributed by atoms with Crippen LogP contribution in [0.2, 0.25) is 5.02 Å². The fourth-order valence-corrected chi connectivity index (χ4v) is 3.74. The van der Waals surface area contributed by atoms with Crippen LogP contribution >= 0.6 is 22.9 Å². The van der Waals surface area contributed by atoms with Crippen LogP contribution in [0.3, 0.4) is 0 Å². The van der Waals surface area contributed by atoms with Gasteiger partial charge in [-0.1, -0.05) is 47.5 Å². The zero-order chi connectivity index (χ0) is 19.4. The lowest BCUT2D eigenvalue weighted by Gasteiger charge is -2.23. The van der Waals surface area contributed by atoms with E-state index >= 15 is 0 Å². The molecular formula is C21H20ClFN2OS. The van der Waals surface area contributed by atoms with Gasteiger partial charge in [-0.25, -0.2) is 4.39 Å². The fraction of sp³-hybridized carbons (Fsp3) is 0.190. The summed E-state index contributed by atoms with van der Waals surface area (Å²) in [5.41, 5.74) is 2.66. The minimum Gasteiger partial charge on any atom is -0.323 e. The van der Waals surface area contributed by atoms with E-state index in [1.54, 1.807) is 18.3 Å². The predicted molar refractivity (Wildman–Crippen MR) is 110 cm³/mol. The van der Waals surface area contributed by atoms with Gasteiger partial charge >= 0.3 is 0 Å². The summed E-state index contributed by atoms with van der Waals surface area (Å²) in [6.07, 6.45) is 0. The Morgan fingerprint density at radius 2 is 1.89 bits per heavy atom. The van der Waals surface area contributed by atoms with Gasteiger partial charge in [0.1, 0.15) is 5.82 Å². The van der Waals surface area contributed by atoms with Gasteiger partial charge < -0.3 is 5.32 Å². The monoisotopic (exact) mass is 402 g/mol. The third kappa shape index (κ3) is 4.95. The molecule has 0 spiro atoms. The number of carbonyl (C=O) groups is 1. The molecule has 3 aromatic rings. The second-order valence-corrected chi connectivity index (χ2v) is 7.75. The minimum atomic E-state index is -0.487. The van der Waals surface area contributed by atoms with Gasteiger partial charge in [0.15, 0.2) is 0 Å². The Kier molecular flexibility index (Phi) is 6.26. The highest BCUT2D eigenvalue weighted by molar-refractivity contribution is 7.10. The topological polar surface area (TPSA) is 41.1 Å². The maximum absolute atomic E-state index is 13.2. The zero-order valence-corrected chi connectivity index (χ0v) is 16.6. The van der Waals surface area contributed by atoms with Crippen LogP contribution < -0.4 is 10.6 Å². The van der Waals surface area contributed by atoms with Crippen LogP contribution in [0.15, 0.2) is 60.0 Å². The SMILES string of the molecule is Cc1ccc([C@@H](N[C@H](C)C(=O)Nc2ccc(F)cc2Cl)c2cccs2)cc1. The number of thiophene rings is 1. The van der Waals surface area contributed by atoms with Crippen molar-refractivity contribution >= 4 is 34.5 Å². The minimum absolute atomic E-state index is 0.102. The van der Waals surface area contributed by atoms with Crippen molar-refractivity contribution in [1.82, 2.24) is 5.32 Å². The number of anilines is 1. The summed E-state index contributed by atoms with van der Waals surface area (Å²) in [5, 5.41) is 8.32. The Hall–Kier alpha value is -2.21.